The van der Waals surface area contributed by atoms with Crippen LogP contribution in [0, 0.1) is 17.2 Å². The van der Waals surface area contributed by atoms with Gasteiger partial charge in [0.15, 0.2) is 0 Å². The van der Waals surface area contributed by atoms with Gasteiger partial charge in [0.1, 0.15) is 11.9 Å². The number of likely N-dealkylation sites (tertiary alicyclic amines) is 1. The first-order valence-electron chi connectivity index (χ1n) is 8.85. The van der Waals surface area contributed by atoms with Gasteiger partial charge in [-0.15, -0.1) is 0 Å². The van der Waals surface area contributed by atoms with E-state index in [0.717, 1.165) is 12.8 Å². The van der Waals surface area contributed by atoms with Crippen LogP contribution in [0.15, 0.2) is 18.3 Å². The Balaban J connectivity index is 1.42. The lowest BCUT2D eigenvalue weighted by atomic mass is 10.1. The number of hydrogen-bond acceptors (Lipinski definition) is 5. The Hall–Kier alpha value is -2.62. The second kappa shape index (κ2) is 7.97. The van der Waals surface area contributed by atoms with Gasteiger partial charge in [-0.1, -0.05) is 12.8 Å². The Kier molecular flexibility index (Phi) is 5.49. The fourth-order valence-corrected chi connectivity index (χ4v) is 3.62. The number of aromatic nitrogens is 1. The molecular formula is C18H23N5O2. The van der Waals surface area contributed by atoms with E-state index < -0.39 is 0 Å². The van der Waals surface area contributed by atoms with Crippen molar-refractivity contribution in [3.05, 3.63) is 23.9 Å². The minimum absolute atomic E-state index is 0.0721. The minimum Gasteiger partial charge on any atom is -0.367 e. The van der Waals surface area contributed by atoms with Gasteiger partial charge in [0.2, 0.25) is 11.8 Å². The van der Waals surface area contributed by atoms with Crippen LogP contribution in [-0.2, 0) is 9.59 Å². The summed E-state index contributed by atoms with van der Waals surface area (Å²) in [6.07, 6.45) is 6.41. The van der Waals surface area contributed by atoms with E-state index in [2.05, 4.69) is 21.7 Å². The van der Waals surface area contributed by atoms with Gasteiger partial charge in [-0.05, 0) is 25.0 Å². The molecule has 1 aromatic rings. The summed E-state index contributed by atoms with van der Waals surface area (Å²) in [7, 11) is 0. The van der Waals surface area contributed by atoms with E-state index in [1.807, 2.05) is 4.90 Å². The first-order valence-corrected chi connectivity index (χ1v) is 8.85. The van der Waals surface area contributed by atoms with E-state index in [-0.39, 0.29) is 17.7 Å². The first kappa shape index (κ1) is 17.2. The second-order valence-corrected chi connectivity index (χ2v) is 6.61. The Morgan fingerprint density at radius 2 is 2.16 bits per heavy atom. The summed E-state index contributed by atoms with van der Waals surface area (Å²) >= 11 is 0. The summed E-state index contributed by atoms with van der Waals surface area (Å²) in [6, 6.07) is 5.80. The van der Waals surface area contributed by atoms with Crippen molar-refractivity contribution in [2.45, 2.75) is 38.1 Å². The number of carbonyl (C=O) groups excluding carboxylic acids is 2. The molecule has 1 aliphatic carbocycles. The molecule has 0 aromatic carbocycles. The summed E-state index contributed by atoms with van der Waals surface area (Å²) in [5.41, 5.74) is 0.474. The molecule has 25 heavy (non-hydrogen) atoms. The van der Waals surface area contributed by atoms with Crippen LogP contribution in [0.2, 0.25) is 0 Å². The molecule has 132 valence electrons. The van der Waals surface area contributed by atoms with Crippen molar-refractivity contribution in [3.8, 4) is 6.07 Å². The topological polar surface area (TPSA) is 98.1 Å². The van der Waals surface area contributed by atoms with Crippen molar-refractivity contribution in [2.75, 3.05) is 25.0 Å². The van der Waals surface area contributed by atoms with Crippen LogP contribution in [0.5, 0.6) is 0 Å². The number of nitriles is 1. The third-order valence-electron chi connectivity index (χ3n) is 4.94. The van der Waals surface area contributed by atoms with Gasteiger partial charge >= 0.3 is 0 Å². The average molecular weight is 341 g/mol. The molecule has 0 radical (unpaired) electrons. The van der Waals surface area contributed by atoms with Crippen molar-refractivity contribution in [1.82, 2.24) is 15.2 Å². The highest BCUT2D eigenvalue weighted by molar-refractivity contribution is 5.89. The molecule has 2 fully saturated rings. The van der Waals surface area contributed by atoms with Crippen LogP contribution in [0.25, 0.3) is 0 Å². The van der Waals surface area contributed by atoms with Gasteiger partial charge in [0.25, 0.3) is 0 Å². The van der Waals surface area contributed by atoms with Crippen LogP contribution in [-0.4, -0.2) is 47.4 Å². The number of nitrogens with zero attached hydrogens (tertiary/aromatic N) is 3. The van der Waals surface area contributed by atoms with E-state index in [4.69, 9.17) is 5.26 Å². The van der Waals surface area contributed by atoms with Crippen molar-refractivity contribution >= 4 is 17.6 Å². The maximum Gasteiger partial charge on any atom is 0.225 e. The molecule has 1 aliphatic heterocycles. The highest BCUT2D eigenvalue weighted by Gasteiger charge is 2.38. The number of rotatable bonds is 6. The van der Waals surface area contributed by atoms with Crippen molar-refractivity contribution in [2.24, 2.45) is 5.92 Å². The van der Waals surface area contributed by atoms with Crippen LogP contribution in [0.4, 0.5) is 5.82 Å². The molecule has 3 rings (SSSR count). The van der Waals surface area contributed by atoms with Gasteiger partial charge in [0.05, 0.1) is 11.5 Å². The van der Waals surface area contributed by atoms with E-state index in [1.165, 1.54) is 12.8 Å². The molecule has 1 aromatic heterocycles. The smallest absolute Gasteiger partial charge is 0.225 e. The minimum atomic E-state index is -0.252. The molecule has 7 nitrogen and oxygen atoms in total. The zero-order chi connectivity index (χ0) is 17.6. The fraction of sp³-hybridized carbons (Fsp3) is 0.556. The predicted molar refractivity (Wildman–Crippen MR) is 92.5 cm³/mol. The Morgan fingerprint density at radius 1 is 1.36 bits per heavy atom. The molecule has 2 N–H and O–H groups in total. The van der Waals surface area contributed by atoms with Crippen LogP contribution in [0.3, 0.4) is 0 Å². The SMILES string of the molecule is N#Cc1cccnc1NCCNC(=O)C1CC(=O)N(C2CCCC2)C1. The highest BCUT2D eigenvalue weighted by Crippen LogP contribution is 2.29. The molecular weight excluding hydrogens is 318 g/mol. The number of carbonyl (C=O) groups is 2. The number of hydrogen-bond donors (Lipinski definition) is 2. The molecule has 7 heteroatoms. The number of nitrogens with one attached hydrogen (secondary N) is 2. The fourth-order valence-electron chi connectivity index (χ4n) is 3.62. The summed E-state index contributed by atoms with van der Waals surface area (Å²) in [6.45, 7) is 1.44. The van der Waals surface area contributed by atoms with E-state index >= 15 is 0 Å². The summed E-state index contributed by atoms with van der Waals surface area (Å²) < 4.78 is 0. The molecule has 2 aliphatic rings. The third kappa shape index (κ3) is 4.08. The summed E-state index contributed by atoms with van der Waals surface area (Å²) in [5, 5.41) is 14.9. The molecule has 2 amide bonds. The van der Waals surface area contributed by atoms with Gasteiger partial charge in [-0.3, -0.25) is 9.59 Å². The largest absolute Gasteiger partial charge is 0.367 e. The maximum atomic E-state index is 12.3. The Bertz CT molecular complexity index is 678. The lowest BCUT2D eigenvalue weighted by molar-refractivity contribution is -0.130. The molecule has 1 saturated heterocycles. The standard InChI is InChI=1S/C18H23N5O2/c19-11-13-4-3-7-20-17(13)21-8-9-22-18(25)14-10-16(24)23(12-14)15-5-1-2-6-15/h3-4,7,14-15H,1-2,5-6,8-10,12H2,(H,20,21)(H,22,25). The van der Waals surface area contributed by atoms with Gasteiger partial charge in [-0.25, -0.2) is 4.98 Å². The van der Waals surface area contributed by atoms with Crippen molar-refractivity contribution in [3.63, 3.8) is 0 Å². The third-order valence-corrected chi connectivity index (χ3v) is 4.94. The average Bonchev–Trinajstić information content (AvgIpc) is 3.28. The number of pyridine rings is 1. The number of anilines is 1. The first-order chi connectivity index (χ1) is 12.2. The van der Waals surface area contributed by atoms with Crippen molar-refractivity contribution < 1.29 is 9.59 Å². The lowest BCUT2D eigenvalue weighted by Crippen LogP contribution is -2.38. The molecule has 1 atom stereocenters. The van der Waals surface area contributed by atoms with Gasteiger partial charge < -0.3 is 15.5 Å². The zero-order valence-corrected chi connectivity index (χ0v) is 14.2. The molecule has 0 bridgehead atoms. The molecule has 1 unspecified atom stereocenters. The quantitative estimate of drug-likeness (QED) is 0.759. The van der Waals surface area contributed by atoms with Crippen LogP contribution in [0.1, 0.15) is 37.7 Å². The molecule has 0 spiro atoms. The van der Waals surface area contributed by atoms with Gasteiger partial charge in [0, 0.05) is 38.3 Å². The normalized spacial score (nSPS) is 20.5. The van der Waals surface area contributed by atoms with E-state index in [1.54, 1.807) is 18.3 Å². The highest BCUT2D eigenvalue weighted by atomic mass is 16.2. The van der Waals surface area contributed by atoms with Crippen LogP contribution >= 0.6 is 0 Å². The summed E-state index contributed by atoms with van der Waals surface area (Å²) in [4.78, 5) is 30.5. The van der Waals surface area contributed by atoms with E-state index in [9.17, 15) is 9.59 Å². The second-order valence-electron chi connectivity index (χ2n) is 6.61. The summed E-state index contributed by atoms with van der Waals surface area (Å²) in [5.74, 6) is 0.301. The van der Waals surface area contributed by atoms with Crippen molar-refractivity contribution in [1.29, 1.82) is 5.26 Å². The lowest BCUT2D eigenvalue weighted by Gasteiger charge is -2.23. The Morgan fingerprint density at radius 3 is 2.92 bits per heavy atom. The predicted octanol–water partition coefficient (Wildman–Crippen LogP) is 1.27. The zero-order valence-electron chi connectivity index (χ0n) is 14.2. The monoisotopic (exact) mass is 341 g/mol. The van der Waals surface area contributed by atoms with E-state index in [0.29, 0.717) is 43.5 Å². The maximum absolute atomic E-state index is 12.3. The molecule has 2 heterocycles. The van der Waals surface area contributed by atoms with Crippen LogP contribution < -0.4 is 10.6 Å². The number of amides is 2. The molecule has 1 saturated carbocycles. The van der Waals surface area contributed by atoms with Gasteiger partial charge in [-0.2, -0.15) is 5.26 Å². The Labute approximate surface area is 147 Å².